The summed E-state index contributed by atoms with van der Waals surface area (Å²) in [4.78, 5) is 20.1. The largest absolute Gasteiger partial charge is 0.464 e. The van der Waals surface area contributed by atoms with Crippen molar-refractivity contribution in [3.63, 3.8) is 0 Å². The summed E-state index contributed by atoms with van der Waals surface area (Å²) in [7, 11) is 0. The van der Waals surface area contributed by atoms with Crippen LogP contribution in [-0.4, -0.2) is 28.6 Å². The molecule has 1 heterocycles. The average Bonchev–Trinajstić information content (AvgIpc) is 2.42. The number of aromatic nitrogens is 2. The molecule has 1 aromatic heterocycles. The zero-order chi connectivity index (χ0) is 13.8. The second kappa shape index (κ2) is 5.97. The third-order valence-electron chi connectivity index (χ3n) is 2.59. The van der Waals surface area contributed by atoms with Crippen LogP contribution >= 0.6 is 15.9 Å². The molecule has 0 radical (unpaired) electrons. The maximum Gasteiger partial charge on any atom is 0.328 e. The first kappa shape index (κ1) is 13.7. The Hall–Kier alpha value is -1.69. The lowest BCUT2D eigenvalue weighted by Gasteiger charge is -2.15. The Bertz CT molecular complexity index is 603. The van der Waals surface area contributed by atoms with Gasteiger partial charge in [0.1, 0.15) is 11.6 Å². The zero-order valence-corrected chi connectivity index (χ0v) is 12.3. The van der Waals surface area contributed by atoms with Crippen molar-refractivity contribution >= 4 is 38.6 Å². The molecule has 1 atom stereocenters. The van der Waals surface area contributed by atoms with Crippen LogP contribution in [0.25, 0.3) is 11.0 Å². The van der Waals surface area contributed by atoms with Crippen molar-refractivity contribution in [1.82, 2.24) is 9.97 Å². The first-order chi connectivity index (χ1) is 9.13. The maximum atomic E-state index is 11.6. The van der Waals surface area contributed by atoms with Crippen molar-refractivity contribution in [2.75, 3.05) is 11.9 Å². The second-order valence-corrected chi connectivity index (χ2v) is 4.76. The van der Waals surface area contributed by atoms with E-state index in [-0.39, 0.29) is 5.97 Å². The Morgan fingerprint density at radius 1 is 1.42 bits per heavy atom. The van der Waals surface area contributed by atoms with E-state index in [0.717, 1.165) is 21.2 Å². The average molecular weight is 324 g/mol. The van der Waals surface area contributed by atoms with Gasteiger partial charge in [0, 0.05) is 12.4 Å². The number of fused-ring (bicyclic) bond motifs is 1. The third-order valence-corrected chi connectivity index (χ3v) is 3.39. The lowest BCUT2D eigenvalue weighted by atomic mass is 10.2. The fourth-order valence-electron chi connectivity index (χ4n) is 1.67. The number of esters is 1. The molecule has 0 aliphatic heterocycles. The number of benzene rings is 1. The van der Waals surface area contributed by atoms with Gasteiger partial charge in [-0.3, -0.25) is 9.97 Å². The van der Waals surface area contributed by atoms with Gasteiger partial charge in [0.25, 0.3) is 0 Å². The minimum atomic E-state index is -0.426. The zero-order valence-electron chi connectivity index (χ0n) is 10.7. The van der Waals surface area contributed by atoms with Crippen LogP contribution in [-0.2, 0) is 9.53 Å². The molecule has 0 bridgehead atoms. The molecule has 100 valence electrons. The minimum Gasteiger partial charge on any atom is -0.464 e. The number of hydrogen-bond donors (Lipinski definition) is 1. The molecule has 6 heteroatoms. The van der Waals surface area contributed by atoms with Crippen LogP contribution in [0, 0.1) is 0 Å². The molecule has 0 spiro atoms. The SMILES string of the molecule is CCOC(=O)C(C)Nc1ccc2nccnc2c1Br. The summed E-state index contributed by atoms with van der Waals surface area (Å²) in [6.07, 6.45) is 3.27. The van der Waals surface area contributed by atoms with E-state index in [1.54, 1.807) is 26.2 Å². The summed E-state index contributed by atoms with van der Waals surface area (Å²) < 4.78 is 5.74. The van der Waals surface area contributed by atoms with E-state index in [4.69, 9.17) is 4.74 Å². The summed E-state index contributed by atoms with van der Waals surface area (Å²) in [5.74, 6) is -0.284. The fourth-order valence-corrected chi connectivity index (χ4v) is 2.23. The highest BCUT2D eigenvalue weighted by Crippen LogP contribution is 2.29. The van der Waals surface area contributed by atoms with Gasteiger partial charge in [0.2, 0.25) is 0 Å². The highest BCUT2D eigenvalue weighted by molar-refractivity contribution is 9.10. The molecule has 2 aromatic rings. The molecule has 0 aliphatic rings. The maximum absolute atomic E-state index is 11.6. The van der Waals surface area contributed by atoms with Gasteiger partial charge in [-0.15, -0.1) is 0 Å². The van der Waals surface area contributed by atoms with Gasteiger partial charge in [-0.05, 0) is 41.9 Å². The minimum absolute atomic E-state index is 0.284. The first-order valence-electron chi connectivity index (χ1n) is 5.96. The van der Waals surface area contributed by atoms with Crippen molar-refractivity contribution in [2.45, 2.75) is 19.9 Å². The monoisotopic (exact) mass is 323 g/mol. The predicted molar refractivity (Wildman–Crippen MR) is 77.0 cm³/mol. The predicted octanol–water partition coefficient (Wildman–Crippen LogP) is 2.76. The Balaban J connectivity index is 2.26. The van der Waals surface area contributed by atoms with E-state index in [0.29, 0.717) is 6.61 Å². The van der Waals surface area contributed by atoms with Crippen molar-refractivity contribution in [2.24, 2.45) is 0 Å². The van der Waals surface area contributed by atoms with E-state index >= 15 is 0 Å². The molecule has 1 unspecified atom stereocenters. The molecule has 0 fully saturated rings. The number of halogens is 1. The van der Waals surface area contributed by atoms with Crippen LogP contribution < -0.4 is 5.32 Å². The molecule has 0 saturated heterocycles. The van der Waals surface area contributed by atoms with Crippen LogP contribution in [0.2, 0.25) is 0 Å². The van der Waals surface area contributed by atoms with Crippen LogP contribution in [0.4, 0.5) is 5.69 Å². The molecular formula is C13H14BrN3O2. The molecule has 0 aliphatic carbocycles. The highest BCUT2D eigenvalue weighted by Gasteiger charge is 2.16. The Labute approximate surface area is 119 Å². The lowest BCUT2D eigenvalue weighted by molar-refractivity contribution is -0.143. The third kappa shape index (κ3) is 3.01. The van der Waals surface area contributed by atoms with Gasteiger partial charge in [0.05, 0.1) is 22.3 Å². The summed E-state index contributed by atoms with van der Waals surface area (Å²) in [6.45, 7) is 3.91. The lowest BCUT2D eigenvalue weighted by Crippen LogP contribution is -2.28. The Morgan fingerprint density at radius 2 is 2.16 bits per heavy atom. The van der Waals surface area contributed by atoms with Gasteiger partial charge in [-0.1, -0.05) is 0 Å². The summed E-state index contributed by atoms with van der Waals surface area (Å²) in [6, 6.07) is 3.29. The topological polar surface area (TPSA) is 64.1 Å². The summed E-state index contributed by atoms with van der Waals surface area (Å²) >= 11 is 3.48. The molecule has 1 aromatic carbocycles. The van der Waals surface area contributed by atoms with Gasteiger partial charge < -0.3 is 10.1 Å². The van der Waals surface area contributed by atoms with Crippen LogP contribution in [0.1, 0.15) is 13.8 Å². The number of ether oxygens (including phenoxy) is 1. The second-order valence-electron chi connectivity index (χ2n) is 3.97. The van der Waals surface area contributed by atoms with Crippen molar-refractivity contribution in [3.8, 4) is 0 Å². The van der Waals surface area contributed by atoms with Gasteiger partial charge >= 0.3 is 5.97 Å². The van der Waals surface area contributed by atoms with Gasteiger partial charge in [0.15, 0.2) is 0 Å². The first-order valence-corrected chi connectivity index (χ1v) is 6.75. The smallest absolute Gasteiger partial charge is 0.328 e. The molecule has 2 rings (SSSR count). The summed E-state index contributed by atoms with van der Waals surface area (Å²) in [5.41, 5.74) is 2.33. The number of nitrogens with one attached hydrogen (secondary N) is 1. The fraction of sp³-hybridized carbons (Fsp3) is 0.308. The van der Waals surface area contributed by atoms with Crippen LogP contribution in [0.3, 0.4) is 0 Å². The van der Waals surface area contributed by atoms with E-state index in [2.05, 4.69) is 31.2 Å². The van der Waals surface area contributed by atoms with Gasteiger partial charge in [-0.2, -0.15) is 0 Å². The van der Waals surface area contributed by atoms with Crippen molar-refractivity contribution < 1.29 is 9.53 Å². The molecule has 0 amide bonds. The van der Waals surface area contributed by atoms with Crippen molar-refractivity contribution in [3.05, 3.63) is 29.0 Å². The molecular weight excluding hydrogens is 310 g/mol. The van der Waals surface area contributed by atoms with E-state index in [1.807, 2.05) is 12.1 Å². The molecule has 19 heavy (non-hydrogen) atoms. The summed E-state index contributed by atoms with van der Waals surface area (Å²) in [5, 5.41) is 3.10. The molecule has 1 N–H and O–H groups in total. The molecule has 5 nitrogen and oxygen atoms in total. The normalized spacial score (nSPS) is 12.2. The number of anilines is 1. The molecule has 0 saturated carbocycles. The van der Waals surface area contributed by atoms with Crippen LogP contribution in [0.5, 0.6) is 0 Å². The Kier molecular flexibility index (Phi) is 4.31. The quantitative estimate of drug-likeness (QED) is 0.876. The van der Waals surface area contributed by atoms with Crippen LogP contribution in [0.15, 0.2) is 29.0 Å². The number of rotatable bonds is 4. The van der Waals surface area contributed by atoms with Crippen molar-refractivity contribution in [1.29, 1.82) is 0 Å². The standard InChI is InChI=1S/C13H14BrN3O2/c1-3-19-13(18)8(2)17-9-4-5-10-12(11(9)14)16-7-6-15-10/h4-8,17H,3H2,1-2H3. The van der Waals surface area contributed by atoms with E-state index < -0.39 is 6.04 Å². The number of carbonyl (C=O) groups is 1. The number of hydrogen-bond acceptors (Lipinski definition) is 5. The number of nitrogens with zero attached hydrogens (tertiary/aromatic N) is 2. The Morgan fingerprint density at radius 3 is 2.89 bits per heavy atom. The van der Waals surface area contributed by atoms with E-state index in [1.165, 1.54) is 0 Å². The van der Waals surface area contributed by atoms with E-state index in [9.17, 15) is 4.79 Å². The van der Waals surface area contributed by atoms with Gasteiger partial charge in [-0.25, -0.2) is 4.79 Å². The number of carbonyl (C=O) groups excluding carboxylic acids is 1. The highest BCUT2D eigenvalue weighted by atomic mass is 79.9.